The summed E-state index contributed by atoms with van der Waals surface area (Å²) in [5.41, 5.74) is 2.02. The van der Waals surface area contributed by atoms with Crippen LogP contribution in [0.25, 0.3) is 22.0 Å². The summed E-state index contributed by atoms with van der Waals surface area (Å²) in [5.74, 6) is -1.94. The van der Waals surface area contributed by atoms with E-state index in [1.54, 1.807) is 29.2 Å². The number of likely N-dealkylation sites (tertiary alicyclic amines) is 1. The molecule has 2 unspecified atom stereocenters. The van der Waals surface area contributed by atoms with E-state index in [2.05, 4.69) is 21.4 Å². The Morgan fingerprint density at radius 3 is 2.37 bits per heavy atom. The van der Waals surface area contributed by atoms with Crippen molar-refractivity contribution in [2.75, 3.05) is 44.2 Å². The number of anilines is 1. The van der Waals surface area contributed by atoms with Crippen molar-refractivity contribution in [3.8, 4) is 16.9 Å². The van der Waals surface area contributed by atoms with Crippen LogP contribution in [0.4, 0.5) is 19.0 Å². The van der Waals surface area contributed by atoms with E-state index < -0.39 is 29.4 Å². The molecule has 0 radical (unpaired) electrons. The summed E-state index contributed by atoms with van der Waals surface area (Å²) >= 11 is 6.67. The molecule has 1 amide bonds. The number of ether oxygens (including phenoxy) is 1. The second-order valence-corrected chi connectivity index (χ2v) is 17.3. The molecule has 2 aliphatic heterocycles. The second kappa shape index (κ2) is 20.6. The smallest absolute Gasteiger partial charge is 0.255 e. The van der Waals surface area contributed by atoms with Crippen LogP contribution >= 0.6 is 11.6 Å². The average molecular weight is 872 g/mol. The molecule has 62 heavy (non-hydrogen) atoms. The zero-order chi connectivity index (χ0) is 43.9. The molecule has 3 aliphatic rings. The lowest BCUT2D eigenvalue weighted by Gasteiger charge is -2.33. The standard InChI is InChI=1S/C49H57ClF3N5O4/c1-4-31-25-34(59)17-18-41(47(31)60)58-29-38-35(26-33(51)27-36(38)49(58)61)32-19-22-56(23-20-32)21-12-10-8-7-9-11-13-24-62-42-16-14-15-40(52)44(42)43-39(50)28-37-46(45(43)53)54-30-55-48(37)57(5-2)6-3/h4,14-16,26-28,30-32,41H,1,5-13,17-25,29H2,2-3H3. The summed E-state index contributed by atoms with van der Waals surface area (Å²) in [6.45, 7) is 12.5. The Balaban J connectivity index is 0.833. The predicted molar refractivity (Wildman–Crippen MR) is 237 cm³/mol. The number of hydrogen-bond donors (Lipinski definition) is 0. The zero-order valence-electron chi connectivity index (χ0n) is 35.9. The van der Waals surface area contributed by atoms with Gasteiger partial charge in [-0.15, -0.1) is 6.58 Å². The Hall–Kier alpha value is -4.81. The van der Waals surface area contributed by atoms with Crippen molar-refractivity contribution in [1.82, 2.24) is 19.8 Å². The monoisotopic (exact) mass is 871 g/mol. The summed E-state index contributed by atoms with van der Waals surface area (Å²) in [6, 6.07) is 8.23. The number of amides is 1. The molecule has 0 bridgehead atoms. The highest BCUT2D eigenvalue weighted by Gasteiger charge is 2.42. The van der Waals surface area contributed by atoms with Gasteiger partial charge in [0.25, 0.3) is 5.91 Å². The third-order valence-corrected chi connectivity index (χ3v) is 13.4. The molecule has 1 aromatic heterocycles. The van der Waals surface area contributed by atoms with Gasteiger partial charge < -0.3 is 19.4 Å². The summed E-state index contributed by atoms with van der Waals surface area (Å²) in [6.07, 6.45) is 12.4. The van der Waals surface area contributed by atoms with Gasteiger partial charge in [0.1, 0.15) is 40.8 Å². The molecule has 3 aromatic carbocycles. The maximum Gasteiger partial charge on any atom is 0.255 e. The van der Waals surface area contributed by atoms with Gasteiger partial charge in [-0.25, -0.2) is 23.1 Å². The number of fused-ring (bicyclic) bond motifs is 2. The minimum atomic E-state index is -0.713. The molecule has 0 N–H and O–H groups in total. The largest absolute Gasteiger partial charge is 0.493 e. The molecule has 330 valence electrons. The molecule has 2 atom stereocenters. The molecule has 13 heteroatoms. The Kier molecular flexibility index (Phi) is 15.0. The molecule has 9 nitrogen and oxygen atoms in total. The minimum Gasteiger partial charge on any atom is -0.493 e. The highest BCUT2D eigenvalue weighted by atomic mass is 35.5. The number of halogens is 4. The van der Waals surface area contributed by atoms with Gasteiger partial charge in [0, 0.05) is 54.9 Å². The Bertz CT molecular complexity index is 2300. The maximum atomic E-state index is 16.1. The molecule has 1 saturated heterocycles. The lowest BCUT2D eigenvalue weighted by Crippen LogP contribution is -2.43. The Morgan fingerprint density at radius 1 is 0.919 bits per heavy atom. The van der Waals surface area contributed by atoms with Crippen molar-refractivity contribution in [2.45, 2.75) is 109 Å². The highest BCUT2D eigenvalue weighted by molar-refractivity contribution is 6.34. The minimum absolute atomic E-state index is 0.00270. The topological polar surface area (TPSA) is 95.9 Å². The number of rotatable bonds is 18. The van der Waals surface area contributed by atoms with Crippen LogP contribution in [0, 0.1) is 23.4 Å². The van der Waals surface area contributed by atoms with Crippen molar-refractivity contribution in [3.05, 3.63) is 94.5 Å². The van der Waals surface area contributed by atoms with Crippen LogP contribution in [0.1, 0.15) is 118 Å². The van der Waals surface area contributed by atoms with Crippen LogP contribution in [0.5, 0.6) is 5.75 Å². The van der Waals surface area contributed by atoms with E-state index in [9.17, 15) is 18.8 Å². The quantitative estimate of drug-likeness (QED) is 0.0554. The SMILES string of the molecule is C=CC1CC(=O)CCC(N2Cc3c(cc(F)cc3C3CCN(CCCCCCCCCOc4cccc(F)c4-c4c(Cl)cc5c(N(CC)CC)ncnc5c4F)CC3)C2=O)C1=O. The van der Waals surface area contributed by atoms with Crippen molar-refractivity contribution in [3.63, 3.8) is 0 Å². The third kappa shape index (κ3) is 9.71. The summed E-state index contributed by atoms with van der Waals surface area (Å²) in [7, 11) is 0. The van der Waals surface area contributed by atoms with E-state index in [4.69, 9.17) is 16.3 Å². The first-order valence-electron chi connectivity index (χ1n) is 22.4. The van der Waals surface area contributed by atoms with Crippen molar-refractivity contribution in [2.24, 2.45) is 5.92 Å². The summed E-state index contributed by atoms with van der Waals surface area (Å²) in [4.78, 5) is 53.8. The van der Waals surface area contributed by atoms with E-state index in [1.165, 1.54) is 24.5 Å². The normalized spacial score (nSPS) is 18.7. The fourth-order valence-corrected chi connectivity index (χ4v) is 9.93. The van der Waals surface area contributed by atoms with Crippen LogP contribution < -0.4 is 9.64 Å². The fraction of sp³-hybridized carbons (Fsp3) is 0.490. The van der Waals surface area contributed by atoms with Gasteiger partial charge in [0.05, 0.1) is 23.2 Å². The number of carbonyl (C=O) groups is 3. The zero-order valence-corrected chi connectivity index (χ0v) is 36.6. The molecular formula is C49H57ClF3N5O4. The Labute approximate surface area is 367 Å². The number of carbonyl (C=O) groups excluding carboxylic acids is 3. The summed E-state index contributed by atoms with van der Waals surface area (Å²) in [5, 5.41) is 0.528. The predicted octanol–water partition coefficient (Wildman–Crippen LogP) is 10.7. The van der Waals surface area contributed by atoms with Gasteiger partial charge >= 0.3 is 0 Å². The molecule has 0 spiro atoms. The van der Waals surface area contributed by atoms with Crippen LogP contribution in [-0.4, -0.2) is 82.6 Å². The fourth-order valence-electron chi connectivity index (χ4n) is 9.64. The number of hydrogen-bond acceptors (Lipinski definition) is 8. The molecule has 4 aromatic rings. The first-order chi connectivity index (χ1) is 30.0. The average Bonchev–Trinajstić information content (AvgIpc) is 3.51. The Morgan fingerprint density at radius 2 is 1.65 bits per heavy atom. The molecule has 3 heterocycles. The van der Waals surface area contributed by atoms with E-state index in [0.29, 0.717) is 36.5 Å². The number of Topliss-reactive ketones (excluding diaryl/α,β-unsaturated/α-hetero) is 2. The maximum absolute atomic E-state index is 16.1. The van der Waals surface area contributed by atoms with Gasteiger partial charge in [-0.3, -0.25) is 14.4 Å². The number of ketones is 2. The third-order valence-electron chi connectivity index (χ3n) is 13.1. The van der Waals surface area contributed by atoms with Crippen molar-refractivity contribution >= 4 is 45.8 Å². The number of piperidine rings is 1. The van der Waals surface area contributed by atoms with Gasteiger partial charge in [-0.2, -0.15) is 0 Å². The van der Waals surface area contributed by atoms with Gasteiger partial charge in [0.2, 0.25) is 0 Å². The first kappa shape index (κ1) is 45.2. The first-order valence-corrected chi connectivity index (χ1v) is 22.7. The number of nitrogens with zero attached hydrogens (tertiary/aromatic N) is 5. The molecule has 1 aliphatic carbocycles. The van der Waals surface area contributed by atoms with Gasteiger partial charge in [-0.1, -0.05) is 55.8 Å². The van der Waals surface area contributed by atoms with E-state index in [-0.39, 0.29) is 76.6 Å². The lowest BCUT2D eigenvalue weighted by molar-refractivity contribution is -0.127. The van der Waals surface area contributed by atoms with Gasteiger partial charge in [0.15, 0.2) is 11.6 Å². The van der Waals surface area contributed by atoms with Gasteiger partial charge in [-0.05, 0) is 113 Å². The van der Waals surface area contributed by atoms with E-state index in [0.717, 1.165) is 88.5 Å². The van der Waals surface area contributed by atoms with Crippen LogP contribution in [0.15, 0.2) is 55.4 Å². The van der Waals surface area contributed by atoms with Crippen LogP contribution in [0.3, 0.4) is 0 Å². The molecule has 7 rings (SSSR count). The van der Waals surface area contributed by atoms with E-state index >= 15 is 8.78 Å². The van der Waals surface area contributed by atoms with Crippen LogP contribution in [0.2, 0.25) is 5.02 Å². The number of aromatic nitrogens is 2. The van der Waals surface area contributed by atoms with Crippen molar-refractivity contribution in [1.29, 1.82) is 0 Å². The number of unbranched alkanes of at least 4 members (excludes halogenated alkanes) is 6. The van der Waals surface area contributed by atoms with Crippen LogP contribution in [-0.2, 0) is 16.1 Å². The number of benzene rings is 3. The van der Waals surface area contributed by atoms with E-state index in [1.807, 2.05) is 18.7 Å². The lowest BCUT2D eigenvalue weighted by atomic mass is 9.85. The summed E-state index contributed by atoms with van der Waals surface area (Å²) < 4.78 is 52.6. The number of allylic oxidation sites excluding steroid dienone is 1. The second-order valence-electron chi connectivity index (χ2n) is 16.9. The highest BCUT2D eigenvalue weighted by Crippen LogP contribution is 2.43. The van der Waals surface area contributed by atoms with Crippen molar-refractivity contribution < 1.29 is 32.3 Å². The molecule has 2 fully saturated rings. The molecule has 1 saturated carbocycles. The molecular weight excluding hydrogens is 815 g/mol.